The van der Waals surface area contributed by atoms with Crippen LogP contribution >= 0.6 is 34.5 Å². The number of nitrogens with one attached hydrogen (secondary N) is 1. The molecular formula is C17H15Cl2NO4S. The molecule has 0 bridgehead atoms. The molecule has 1 atom stereocenters. The third kappa shape index (κ3) is 5.85. The van der Waals surface area contributed by atoms with Gasteiger partial charge in [0.1, 0.15) is 0 Å². The zero-order valence-electron chi connectivity index (χ0n) is 13.3. The highest BCUT2D eigenvalue weighted by Crippen LogP contribution is 2.25. The van der Waals surface area contributed by atoms with Crippen molar-refractivity contribution in [1.29, 1.82) is 0 Å². The van der Waals surface area contributed by atoms with E-state index in [1.54, 1.807) is 29.6 Å². The highest BCUT2D eigenvalue weighted by Gasteiger charge is 2.20. The van der Waals surface area contributed by atoms with Crippen LogP contribution in [0.25, 0.3) is 0 Å². The van der Waals surface area contributed by atoms with Crippen LogP contribution in [0.4, 0.5) is 5.69 Å². The number of carbonyl (C=O) groups excluding carboxylic acids is 3. The Balaban J connectivity index is 1.82. The number of esters is 1. The van der Waals surface area contributed by atoms with E-state index in [0.29, 0.717) is 20.6 Å². The van der Waals surface area contributed by atoms with Crippen LogP contribution < -0.4 is 5.32 Å². The fourth-order valence-corrected chi connectivity index (χ4v) is 2.94. The zero-order valence-corrected chi connectivity index (χ0v) is 15.6. The fraction of sp³-hybridized carbons (Fsp3) is 0.235. The summed E-state index contributed by atoms with van der Waals surface area (Å²) >= 11 is 13.1. The van der Waals surface area contributed by atoms with E-state index in [1.807, 2.05) is 0 Å². The van der Waals surface area contributed by atoms with E-state index in [4.69, 9.17) is 27.9 Å². The minimum atomic E-state index is -1.03. The predicted octanol–water partition coefficient (Wildman–Crippen LogP) is 4.59. The minimum Gasteiger partial charge on any atom is -0.453 e. The summed E-state index contributed by atoms with van der Waals surface area (Å²) in [5.41, 5.74) is 0.329. The molecule has 8 heteroatoms. The first-order valence-corrected chi connectivity index (χ1v) is 9.02. The Bertz CT molecular complexity index is 777. The molecule has 0 spiro atoms. The predicted molar refractivity (Wildman–Crippen MR) is 98.5 cm³/mol. The average Bonchev–Trinajstić information content (AvgIpc) is 3.10. The maximum Gasteiger partial charge on any atom is 0.307 e. The second kappa shape index (κ2) is 8.99. The van der Waals surface area contributed by atoms with Crippen molar-refractivity contribution in [2.24, 2.45) is 0 Å². The van der Waals surface area contributed by atoms with Crippen LogP contribution in [-0.4, -0.2) is 23.8 Å². The van der Waals surface area contributed by atoms with Gasteiger partial charge in [-0.15, -0.1) is 11.3 Å². The Labute approximate surface area is 158 Å². The number of anilines is 1. The van der Waals surface area contributed by atoms with Crippen LogP contribution in [0.1, 0.15) is 29.4 Å². The summed E-state index contributed by atoms with van der Waals surface area (Å²) in [5, 5.41) is 5.07. The van der Waals surface area contributed by atoms with E-state index in [2.05, 4.69) is 5.32 Å². The fourth-order valence-electron chi connectivity index (χ4n) is 1.91. The highest BCUT2D eigenvalue weighted by atomic mass is 35.5. The molecule has 0 radical (unpaired) electrons. The first kappa shape index (κ1) is 19.4. The molecule has 132 valence electrons. The van der Waals surface area contributed by atoms with Crippen molar-refractivity contribution in [2.75, 3.05) is 5.32 Å². The normalized spacial score (nSPS) is 11.6. The number of halogens is 2. The van der Waals surface area contributed by atoms with Gasteiger partial charge in [0.05, 0.1) is 22.0 Å². The lowest BCUT2D eigenvalue weighted by molar-refractivity contribution is -0.153. The van der Waals surface area contributed by atoms with E-state index >= 15 is 0 Å². The number of hydrogen-bond donors (Lipinski definition) is 1. The van der Waals surface area contributed by atoms with Gasteiger partial charge in [-0.3, -0.25) is 14.4 Å². The molecule has 0 saturated heterocycles. The molecule has 5 nitrogen and oxygen atoms in total. The van der Waals surface area contributed by atoms with E-state index in [1.165, 1.54) is 24.3 Å². The van der Waals surface area contributed by atoms with Gasteiger partial charge in [0, 0.05) is 11.4 Å². The molecule has 2 aromatic rings. The van der Waals surface area contributed by atoms with E-state index in [-0.39, 0.29) is 18.6 Å². The number of ether oxygens (including phenoxy) is 1. The number of rotatable bonds is 7. The Morgan fingerprint density at radius 3 is 2.64 bits per heavy atom. The Morgan fingerprint density at radius 1 is 1.20 bits per heavy atom. The molecule has 1 heterocycles. The molecule has 1 aromatic carbocycles. The second-order valence-electron chi connectivity index (χ2n) is 5.15. The molecule has 0 aliphatic rings. The first-order chi connectivity index (χ1) is 11.9. The second-order valence-corrected chi connectivity index (χ2v) is 6.94. The molecule has 0 saturated carbocycles. The van der Waals surface area contributed by atoms with Gasteiger partial charge in [-0.2, -0.15) is 0 Å². The molecular weight excluding hydrogens is 385 g/mol. The summed E-state index contributed by atoms with van der Waals surface area (Å²) in [4.78, 5) is 36.3. The molecule has 0 fully saturated rings. The molecule has 0 aliphatic carbocycles. The highest BCUT2D eigenvalue weighted by molar-refractivity contribution is 7.12. The van der Waals surface area contributed by atoms with Crippen LogP contribution in [0.5, 0.6) is 0 Å². The summed E-state index contributed by atoms with van der Waals surface area (Å²) in [7, 11) is 0. The van der Waals surface area contributed by atoms with Crippen molar-refractivity contribution in [2.45, 2.75) is 25.9 Å². The third-order valence-electron chi connectivity index (χ3n) is 3.22. The monoisotopic (exact) mass is 399 g/mol. The van der Waals surface area contributed by atoms with Crippen molar-refractivity contribution in [1.82, 2.24) is 0 Å². The van der Waals surface area contributed by atoms with Crippen molar-refractivity contribution in [3.63, 3.8) is 0 Å². The number of hydrogen-bond acceptors (Lipinski definition) is 5. The summed E-state index contributed by atoms with van der Waals surface area (Å²) < 4.78 is 5.05. The smallest absolute Gasteiger partial charge is 0.307 e. The third-order valence-corrected chi connectivity index (χ3v) is 4.69. The minimum absolute atomic E-state index is 0.0355. The lowest BCUT2D eigenvalue weighted by atomic mass is 10.2. The van der Waals surface area contributed by atoms with Crippen molar-refractivity contribution < 1.29 is 19.1 Å². The summed E-state index contributed by atoms with van der Waals surface area (Å²) in [6, 6.07) is 8.10. The number of ketones is 1. The Hall–Kier alpha value is -1.89. The van der Waals surface area contributed by atoms with Crippen LogP contribution in [0.3, 0.4) is 0 Å². The van der Waals surface area contributed by atoms with Gasteiger partial charge >= 0.3 is 5.97 Å². The maximum atomic E-state index is 12.1. The van der Waals surface area contributed by atoms with Gasteiger partial charge in [0.2, 0.25) is 0 Å². The largest absolute Gasteiger partial charge is 0.453 e. The van der Waals surface area contributed by atoms with Gasteiger partial charge < -0.3 is 10.1 Å². The van der Waals surface area contributed by atoms with Crippen LogP contribution in [0.15, 0.2) is 35.7 Å². The average molecular weight is 400 g/mol. The van der Waals surface area contributed by atoms with Gasteiger partial charge in [-0.25, -0.2) is 0 Å². The molecule has 1 aromatic heterocycles. The Morgan fingerprint density at radius 2 is 1.96 bits per heavy atom. The molecule has 1 N–H and O–H groups in total. The number of thiophene rings is 1. The van der Waals surface area contributed by atoms with Crippen molar-refractivity contribution in [3.05, 3.63) is 50.6 Å². The topological polar surface area (TPSA) is 72.5 Å². The van der Waals surface area contributed by atoms with Crippen molar-refractivity contribution >= 4 is 57.9 Å². The summed E-state index contributed by atoms with van der Waals surface area (Å²) in [5.74, 6) is -1.29. The summed E-state index contributed by atoms with van der Waals surface area (Å²) in [6.45, 7) is 1.44. The number of amides is 1. The standard InChI is InChI=1S/C17H15Cl2NO4S/c1-10(17(23)20-13-9-11(18)4-5-12(13)19)24-16(22)7-6-14(21)15-3-2-8-25-15/h2-5,8-10H,6-7H2,1H3,(H,20,23)/t10-/m1/s1. The molecule has 0 unspecified atom stereocenters. The zero-order chi connectivity index (χ0) is 18.4. The first-order valence-electron chi connectivity index (χ1n) is 7.39. The number of benzene rings is 1. The lowest BCUT2D eigenvalue weighted by Gasteiger charge is -2.14. The lowest BCUT2D eigenvalue weighted by Crippen LogP contribution is -2.30. The quantitative estimate of drug-likeness (QED) is 0.545. The SMILES string of the molecule is C[C@@H](OC(=O)CCC(=O)c1cccs1)C(=O)Nc1cc(Cl)ccc1Cl. The van der Waals surface area contributed by atoms with Crippen LogP contribution in [0, 0.1) is 0 Å². The molecule has 25 heavy (non-hydrogen) atoms. The van der Waals surface area contributed by atoms with E-state index in [9.17, 15) is 14.4 Å². The van der Waals surface area contributed by atoms with Gasteiger partial charge in [-0.05, 0) is 36.6 Å². The van der Waals surface area contributed by atoms with E-state index in [0.717, 1.165) is 0 Å². The van der Waals surface area contributed by atoms with Gasteiger partial charge in [0.25, 0.3) is 5.91 Å². The van der Waals surface area contributed by atoms with Gasteiger partial charge in [-0.1, -0.05) is 29.3 Å². The number of Topliss-reactive ketones (excluding diaryl/α,β-unsaturated/α-hetero) is 1. The molecule has 2 rings (SSSR count). The van der Waals surface area contributed by atoms with Crippen LogP contribution in [0.2, 0.25) is 10.0 Å². The van der Waals surface area contributed by atoms with Crippen molar-refractivity contribution in [3.8, 4) is 0 Å². The van der Waals surface area contributed by atoms with Crippen LogP contribution in [-0.2, 0) is 14.3 Å². The Kier molecular flexibility index (Phi) is 6.99. The van der Waals surface area contributed by atoms with Gasteiger partial charge in [0.15, 0.2) is 11.9 Å². The molecule has 0 aliphatic heterocycles. The molecule has 1 amide bonds. The number of carbonyl (C=O) groups is 3. The summed E-state index contributed by atoms with van der Waals surface area (Å²) in [6.07, 6.45) is -1.08. The van der Waals surface area contributed by atoms with E-state index < -0.39 is 18.0 Å². The maximum absolute atomic E-state index is 12.1.